The molecule has 4 aliphatic rings. The van der Waals surface area contributed by atoms with Gasteiger partial charge in [0, 0.05) is 12.2 Å². The van der Waals surface area contributed by atoms with Gasteiger partial charge in [-0.05, 0) is 67.6 Å². The van der Waals surface area contributed by atoms with Crippen LogP contribution >= 0.6 is 0 Å². The van der Waals surface area contributed by atoms with Crippen LogP contribution in [0.15, 0.2) is 18.2 Å². The summed E-state index contributed by atoms with van der Waals surface area (Å²) in [7, 11) is -0.460. The van der Waals surface area contributed by atoms with Gasteiger partial charge in [-0.2, -0.15) is 0 Å². The molecule has 0 radical (unpaired) electrons. The summed E-state index contributed by atoms with van der Waals surface area (Å²) in [6.07, 6.45) is 3.12. The van der Waals surface area contributed by atoms with Crippen LogP contribution in [0.1, 0.15) is 70.7 Å². The van der Waals surface area contributed by atoms with Gasteiger partial charge in [0.05, 0.1) is 23.8 Å². The minimum Gasteiger partial charge on any atom is -0.405 e. The first-order valence-corrected chi connectivity index (χ1v) is 12.0. The molecule has 8 heteroatoms. The van der Waals surface area contributed by atoms with Gasteiger partial charge in [0.15, 0.2) is 5.78 Å². The second-order valence-electron chi connectivity index (χ2n) is 11.3. The monoisotopic (exact) mass is 461 g/mol. The van der Waals surface area contributed by atoms with Gasteiger partial charge in [-0.25, -0.2) is 8.78 Å². The molecule has 4 fully saturated rings. The van der Waals surface area contributed by atoms with Crippen molar-refractivity contribution in [3.8, 4) is 0 Å². The average Bonchev–Trinajstić information content (AvgIpc) is 3.10. The van der Waals surface area contributed by atoms with Gasteiger partial charge in [0.25, 0.3) is 5.91 Å². The van der Waals surface area contributed by atoms with Crippen molar-refractivity contribution >= 4 is 18.8 Å². The second-order valence-corrected chi connectivity index (χ2v) is 11.3. The Hall–Kier alpha value is -1.80. The van der Waals surface area contributed by atoms with Gasteiger partial charge >= 0.3 is 7.12 Å². The molecule has 1 aliphatic heterocycles. The lowest BCUT2D eigenvalue weighted by Gasteiger charge is -2.64. The molecule has 0 spiro atoms. The van der Waals surface area contributed by atoms with Gasteiger partial charge in [0.1, 0.15) is 11.6 Å². The van der Waals surface area contributed by atoms with Gasteiger partial charge in [-0.3, -0.25) is 9.59 Å². The fourth-order valence-electron chi connectivity index (χ4n) is 6.31. The third-order valence-electron chi connectivity index (χ3n) is 8.24. The number of rotatable bonds is 8. The maximum atomic E-state index is 13.8. The summed E-state index contributed by atoms with van der Waals surface area (Å²) in [6.45, 7) is 10.7. The minimum atomic E-state index is -0.830. The normalized spacial score (nSPS) is 30.5. The maximum Gasteiger partial charge on any atom is 0.461 e. The summed E-state index contributed by atoms with van der Waals surface area (Å²) in [4.78, 5) is 25.0. The molecule has 5 nitrogen and oxygen atoms in total. The van der Waals surface area contributed by atoms with Crippen molar-refractivity contribution in [2.24, 2.45) is 23.2 Å². The van der Waals surface area contributed by atoms with Crippen LogP contribution in [0.2, 0.25) is 5.82 Å². The van der Waals surface area contributed by atoms with Crippen LogP contribution < -0.4 is 5.32 Å². The van der Waals surface area contributed by atoms with Crippen LogP contribution in [0.3, 0.4) is 0 Å². The molecule has 1 heterocycles. The molecule has 3 aliphatic carbocycles. The Morgan fingerprint density at radius 3 is 2.61 bits per heavy atom. The number of carbonyl (C=O) groups excluding carboxylic acids is 2. The number of hydrogen-bond acceptors (Lipinski definition) is 4. The number of benzene rings is 1. The molecule has 0 unspecified atom stereocenters. The molecule has 1 aromatic rings. The van der Waals surface area contributed by atoms with E-state index in [1.807, 2.05) is 0 Å². The third-order valence-corrected chi connectivity index (χ3v) is 8.24. The zero-order valence-corrected chi connectivity index (χ0v) is 20.1. The molecule has 180 valence electrons. The molecule has 3 saturated carbocycles. The molecule has 33 heavy (non-hydrogen) atoms. The van der Waals surface area contributed by atoms with Gasteiger partial charge in [0.2, 0.25) is 0 Å². The van der Waals surface area contributed by atoms with Crippen LogP contribution in [-0.4, -0.2) is 37.1 Å². The van der Waals surface area contributed by atoms with Crippen molar-refractivity contribution in [3.05, 3.63) is 35.4 Å². The van der Waals surface area contributed by atoms with Crippen molar-refractivity contribution in [3.63, 3.8) is 0 Å². The Labute approximate surface area is 195 Å². The molecule has 0 aromatic heterocycles. The lowest BCUT2D eigenvalue weighted by Crippen LogP contribution is -2.65. The lowest BCUT2D eigenvalue weighted by atomic mass is 9.43. The zero-order chi connectivity index (χ0) is 24.1. The Morgan fingerprint density at radius 1 is 1.21 bits per heavy atom. The number of amides is 1. The van der Waals surface area contributed by atoms with Crippen molar-refractivity contribution in [2.75, 3.05) is 6.54 Å². The standard InChI is InChI=1S/C25H34BF2NO4/c1-14(2)8-16(11-18(30)13-29-23(31)19-12-17(27)6-7-20(19)28)26-32-22-10-15-9-21(24(15,3)4)25(22,5)33-26/h6-7,12,14-16,21-22H,8-11,13H2,1-5H3,(H,29,31)/t15-,16+,21-,22+,25-/m0/s1. The Kier molecular flexibility index (Phi) is 6.47. The van der Waals surface area contributed by atoms with E-state index in [1.165, 1.54) is 0 Å². The Morgan fingerprint density at radius 2 is 1.94 bits per heavy atom. The number of hydrogen-bond donors (Lipinski definition) is 1. The molecule has 1 saturated heterocycles. The molecule has 1 N–H and O–H groups in total. The highest BCUT2D eigenvalue weighted by Crippen LogP contribution is 2.66. The molecular formula is C25H34BF2NO4. The number of Topliss-reactive ketones (excluding diaryl/α,β-unsaturated/α-hetero) is 1. The topological polar surface area (TPSA) is 64.6 Å². The Balaban J connectivity index is 1.39. The van der Waals surface area contributed by atoms with E-state index in [-0.39, 0.29) is 41.7 Å². The van der Waals surface area contributed by atoms with E-state index in [9.17, 15) is 18.4 Å². The van der Waals surface area contributed by atoms with E-state index < -0.39 is 30.2 Å². The highest BCUT2D eigenvalue weighted by molar-refractivity contribution is 6.47. The van der Waals surface area contributed by atoms with E-state index in [1.54, 1.807) is 0 Å². The van der Waals surface area contributed by atoms with Gasteiger partial charge < -0.3 is 14.6 Å². The van der Waals surface area contributed by atoms with Crippen LogP contribution in [-0.2, 0) is 14.1 Å². The molecule has 1 aromatic carbocycles. The van der Waals surface area contributed by atoms with Gasteiger partial charge in [-0.1, -0.05) is 27.7 Å². The molecule has 5 atom stereocenters. The summed E-state index contributed by atoms with van der Waals surface area (Å²) in [5.41, 5.74) is -0.518. The van der Waals surface area contributed by atoms with Crippen molar-refractivity contribution < 1.29 is 27.7 Å². The number of halogens is 2. The molecular weight excluding hydrogens is 427 g/mol. The fraction of sp³-hybridized carbons (Fsp3) is 0.680. The first-order chi connectivity index (χ1) is 15.4. The fourth-order valence-corrected chi connectivity index (χ4v) is 6.31. The van der Waals surface area contributed by atoms with Crippen molar-refractivity contribution in [1.29, 1.82) is 0 Å². The van der Waals surface area contributed by atoms with E-state index in [0.29, 0.717) is 17.8 Å². The highest BCUT2D eigenvalue weighted by Gasteiger charge is 2.68. The Bertz CT molecular complexity index is 939. The SMILES string of the molecule is CC(C)C[C@H](CC(=O)CNC(=O)c1cc(F)ccc1F)B1O[C@@H]2C[C@@H]3C[C@@H](C3(C)C)[C@]2(C)O1. The molecule has 1 amide bonds. The van der Waals surface area contributed by atoms with Gasteiger partial charge in [-0.15, -0.1) is 0 Å². The lowest BCUT2D eigenvalue weighted by molar-refractivity contribution is -0.199. The number of nitrogens with one attached hydrogen (secondary N) is 1. The number of carbonyl (C=O) groups is 2. The van der Waals surface area contributed by atoms with Crippen LogP contribution in [0.25, 0.3) is 0 Å². The highest BCUT2D eigenvalue weighted by atomic mass is 19.1. The molecule has 2 bridgehead atoms. The van der Waals surface area contributed by atoms with Crippen LogP contribution in [0.5, 0.6) is 0 Å². The average molecular weight is 461 g/mol. The quantitative estimate of drug-likeness (QED) is 0.565. The largest absolute Gasteiger partial charge is 0.461 e. The predicted molar refractivity (Wildman–Crippen MR) is 122 cm³/mol. The van der Waals surface area contributed by atoms with E-state index in [0.717, 1.165) is 37.5 Å². The van der Waals surface area contributed by atoms with E-state index in [4.69, 9.17) is 9.31 Å². The first-order valence-electron chi connectivity index (χ1n) is 12.0. The van der Waals surface area contributed by atoms with E-state index in [2.05, 4.69) is 39.9 Å². The second kappa shape index (κ2) is 8.77. The minimum absolute atomic E-state index is 0.0414. The van der Waals surface area contributed by atoms with Crippen molar-refractivity contribution in [1.82, 2.24) is 5.32 Å². The van der Waals surface area contributed by atoms with E-state index >= 15 is 0 Å². The smallest absolute Gasteiger partial charge is 0.405 e. The zero-order valence-electron chi connectivity index (χ0n) is 20.1. The first kappa shape index (κ1) is 24.3. The summed E-state index contributed by atoms with van der Waals surface area (Å²) >= 11 is 0. The molecule has 5 rings (SSSR count). The maximum absolute atomic E-state index is 13.8. The van der Waals surface area contributed by atoms with Crippen LogP contribution in [0, 0.1) is 34.8 Å². The summed E-state index contributed by atoms with van der Waals surface area (Å²) < 4.78 is 40.2. The summed E-state index contributed by atoms with van der Waals surface area (Å²) in [5.74, 6) is -1.26. The van der Waals surface area contributed by atoms with Crippen LogP contribution in [0.4, 0.5) is 8.78 Å². The summed E-state index contributed by atoms with van der Waals surface area (Å²) in [6, 6.07) is 2.66. The number of ketones is 1. The third kappa shape index (κ3) is 4.48. The van der Waals surface area contributed by atoms with Crippen molar-refractivity contribution in [2.45, 2.75) is 77.8 Å². The summed E-state index contributed by atoms with van der Waals surface area (Å²) in [5, 5.41) is 2.42. The predicted octanol–water partition coefficient (Wildman–Crippen LogP) is 4.80.